The highest BCUT2D eigenvalue weighted by molar-refractivity contribution is 6.05. The molecular formula is C21H24F4N6O4. The van der Waals surface area contributed by atoms with E-state index in [1.807, 2.05) is 12.2 Å². The third-order valence-electron chi connectivity index (χ3n) is 4.90. The number of halogens is 4. The molecule has 0 aliphatic carbocycles. The highest BCUT2D eigenvalue weighted by Crippen LogP contribution is 2.32. The van der Waals surface area contributed by atoms with Gasteiger partial charge >= 0.3 is 6.18 Å². The fourth-order valence-corrected chi connectivity index (χ4v) is 3.12. The first kappa shape index (κ1) is 27.6. The zero-order valence-corrected chi connectivity index (χ0v) is 18.6. The monoisotopic (exact) mass is 500 g/mol. The van der Waals surface area contributed by atoms with E-state index in [4.69, 9.17) is 5.84 Å². The van der Waals surface area contributed by atoms with Crippen molar-refractivity contribution in [3.63, 3.8) is 0 Å². The number of alkyl halides is 3. The van der Waals surface area contributed by atoms with Gasteiger partial charge in [-0.05, 0) is 18.6 Å². The molecule has 10 nitrogen and oxygen atoms in total. The van der Waals surface area contributed by atoms with E-state index in [-0.39, 0.29) is 28.6 Å². The fraction of sp³-hybridized carbons (Fsp3) is 0.381. The Hall–Kier alpha value is -3.65. The molecule has 0 spiro atoms. The van der Waals surface area contributed by atoms with Crippen molar-refractivity contribution >= 4 is 29.9 Å². The summed E-state index contributed by atoms with van der Waals surface area (Å²) in [6.07, 6.45) is -2.33. The number of para-hydroxylation sites is 1. The minimum absolute atomic E-state index is 0.0716. The van der Waals surface area contributed by atoms with Crippen LogP contribution in [0.1, 0.15) is 48.7 Å². The highest BCUT2D eigenvalue weighted by Gasteiger charge is 2.39. The molecule has 0 aliphatic heterocycles. The predicted octanol–water partition coefficient (Wildman–Crippen LogP) is 3.14. The standard InChI is InChI=1S/C21H24F4N6O4/c1-2-3-4-7-13(11-30(35)12-32)19(34)31(26)20-27-10-14(17(29-20)21(23,24)25)18(33)28-16-9-6-5-8-15(16)22/h5-6,8-10,12-13,35H,2-4,7,11,26H2,1H3,(H,28,33)/t13-/m1/s1. The van der Waals surface area contributed by atoms with Crippen molar-refractivity contribution in [2.24, 2.45) is 11.8 Å². The van der Waals surface area contributed by atoms with Gasteiger partial charge in [0.1, 0.15) is 5.82 Å². The van der Waals surface area contributed by atoms with Crippen LogP contribution in [0.15, 0.2) is 30.5 Å². The van der Waals surface area contributed by atoms with E-state index < -0.39 is 53.5 Å². The number of rotatable bonds is 11. The lowest BCUT2D eigenvalue weighted by Gasteiger charge is -2.24. The number of nitrogens with two attached hydrogens (primary N) is 1. The molecule has 1 aromatic heterocycles. The summed E-state index contributed by atoms with van der Waals surface area (Å²) in [5.74, 6) is 0.639. The van der Waals surface area contributed by atoms with Gasteiger partial charge in [-0.15, -0.1) is 0 Å². The molecule has 190 valence electrons. The molecule has 2 aromatic rings. The minimum atomic E-state index is -5.15. The largest absolute Gasteiger partial charge is 0.434 e. The van der Waals surface area contributed by atoms with Crippen molar-refractivity contribution in [3.05, 3.63) is 47.5 Å². The lowest BCUT2D eigenvalue weighted by Crippen LogP contribution is -2.46. The van der Waals surface area contributed by atoms with Crippen molar-refractivity contribution in [2.45, 2.75) is 38.8 Å². The lowest BCUT2D eigenvalue weighted by molar-refractivity contribution is -0.154. The maximum absolute atomic E-state index is 13.8. The number of benzene rings is 1. The normalized spacial score (nSPS) is 12.1. The minimum Gasteiger partial charge on any atom is -0.319 e. The van der Waals surface area contributed by atoms with Crippen molar-refractivity contribution in [3.8, 4) is 0 Å². The Labute approximate surface area is 197 Å². The molecule has 0 aliphatic rings. The zero-order chi connectivity index (χ0) is 26.2. The summed E-state index contributed by atoms with van der Waals surface area (Å²) in [7, 11) is 0. The summed E-state index contributed by atoms with van der Waals surface area (Å²) in [6, 6.07) is 4.86. The van der Waals surface area contributed by atoms with Crippen LogP contribution in [0.5, 0.6) is 0 Å². The van der Waals surface area contributed by atoms with E-state index in [9.17, 15) is 37.2 Å². The molecule has 0 bridgehead atoms. The summed E-state index contributed by atoms with van der Waals surface area (Å²) in [5, 5.41) is 12.0. The van der Waals surface area contributed by atoms with Gasteiger partial charge in [0.2, 0.25) is 18.3 Å². The molecule has 0 radical (unpaired) electrons. The Morgan fingerprint density at radius 3 is 2.54 bits per heavy atom. The number of nitrogens with one attached hydrogen (secondary N) is 1. The topological polar surface area (TPSA) is 142 Å². The van der Waals surface area contributed by atoms with Gasteiger partial charge in [-0.25, -0.2) is 30.3 Å². The summed E-state index contributed by atoms with van der Waals surface area (Å²) in [5.41, 5.74) is -3.07. The SMILES string of the molecule is CCCCC[C@H](CN(O)C=O)C(=O)N(N)c1ncc(C(=O)Nc2ccccc2F)c(C(F)(F)F)n1. The van der Waals surface area contributed by atoms with Crippen LogP contribution in [0.3, 0.4) is 0 Å². The summed E-state index contributed by atoms with van der Waals surface area (Å²) in [4.78, 5) is 42.9. The van der Waals surface area contributed by atoms with Gasteiger partial charge in [0.15, 0.2) is 5.69 Å². The summed E-state index contributed by atoms with van der Waals surface area (Å²) < 4.78 is 54.8. The Bertz CT molecular complexity index is 1050. The van der Waals surface area contributed by atoms with Crippen LogP contribution >= 0.6 is 0 Å². The van der Waals surface area contributed by atoms with Crippen molar-refractivity contribution in [1.82, 2.24) is 15.0 Å². The zero-order valence-electron chi connectivity index (χ0n) is 18.6. The molecule has 0 fully saturated rings. The number of hydroxylamine groups is 2. The van der Waals surface area contributed by atoms with E-state index in [1.165, 1.54) is 12.1 Å². The quantitative estimate of drug-likeness (QED) is 0.0819. The molecular weight excluding hydrogens is 476 g/mol. The Kier molecular flexibility index (Phi) is 9.59. The number of hydrogen-bond donors (Lipinski definition) is 3. The number of carbonyl (C=O) groups is 3. The number of aromatic nitrogens is 2. The number of nitrogens with zero attached hydrogens (tertiary/aromatic N) is 4. The van der Waals surface area contributed by atoms with E-state index in [1.54, 1.807) is 0 Å². The van der Waals surface area contributed by atoms with Gasteiger partial charge < -0.3 is 5.32 Å². The molecule has 0 unspecified atom stereocenters. The Balaban J connectivity index is 2.35. The van der Waals surface area contributed by atoms with E-state index in [2.05, 4.69) is 9.97 Å². The first-order valence-corrected chi connectivity index (χ1v) is 10.5. The van der Waals surface area contributed by atoms with Gasteiger partial charge in [0, 0.05) is 6.20 Å². The van der Waals surface area contributed by atoms with Crippen LogP contribution in [-0.4, -0.2) is 45.0 Å². The molecule has 4 N–H and O–H groups in total. The molecule has 0 saturated carbocycles. The Morgan fingerprint density at radius 1 is 1.26 bits per heavy atom. The third-order valence-corrected chi connectivity index (χ3v) is 4.90. The predicted molar refractivity (Wildman–Crippen MR) is 115 cm³/mol. The van der Waals surface area contributed by atoms with E-state index >= 15 is 0 Å². The first-order valence-electron chi connectivity index (χ1n) is 10.5. The maximum Gasteiger partial charge on any atom is 0.434 e. The molecule has 3 amide bonds. The van der Waals surface area contributed by atoms with Crippen molar-refractivity contribution in [1.29, 1.82) is 0 Å². The van der Waals surface area contributed by atoms with Crippen LogP contribution in [0, 0.1) is 11.7 Å². The maximum atomic E-state index is 13.8. The fourth-order valence-electron chi connectivity index (χ4n) is 3.12. The second-order valence-electron chi connectivity index (χ2n) is 7.49. The van der Waals surface area contributed by atoms with Crippen LogP contribution in [0.2, 0.25) is 0 Å². The molecule has 0 saturated heterocycles. The number of unbranched alkanes of at least 4 members (excludes halogenated alkanes) is 2. The van der Waals surface area contributed by atoms with E-state index in [0.717, 1.165) is 25.0 Å². The van der Waals surface area contributed by atoms with Crippen molar-refractivity contribution < 1.29 is 37.2 Å². The Morgan fingerprint density at radius 2 is 1.94 bits per heavy atom. The number of anilines is 2. The second kappa shape index (κ2) is 12.2. The van der Waals surface area contributed by atoms with Crippen LogP contribution in [-0.2, 0) is 15.8 Å². The number of hydrogen-bond acceptors (Lipinski definition) is 7. The number of hydrazine groups is 1. The van der Waals surface area contributed by atoms with Gasteiger partial charge in [-0.2, -0.15) is 13.2 Å². The molecule has 1 aromatic carbocycles. The third kappa shape index (κ3) is 7.42. The smallest absolute Gasteiger partial charge is 0.319 e. The molecule has 1 heterocycles. The van der Waals surface area contributed by atoms with E-state index in [0.29, 0.717) is 12.6 Å². The van der Waals surface area contributed by atoms with Gasteiger partial charge in [-0.3, -0.25) is 19.6 Å². The van der Waals surface area contributed by atoms with Gasteiger partial charge in [0.25, 0.3) is 5.91 Å². The van der Waals surface area contributed by atoms with Crippen LogP contribution < -0.4 is 16.2 Å². The molecule has 1 atom stereocenters. The molecule has 2 rings (SSSR count). The second-order valence-corrected chi connectivity index (χ2v) is 7.49. The summed E-state index contributed by atoms with van der Waals surface area (Å²) >= 11 is 0. The van der Waals surface area contributed by atoms with Crippen LogP contribution in [0.25, 0.3) is 0 Å². The highest BCUT2D eigenvalue weighted by atomic mass is 19.4. The average molecular weight is 500 g/mol. The average Bonchev–Trinajstić information content (AvgIpc) is 2.82. The van der Waals surface area contributed by atoms with Crippen LogP contribution in [0.4, 0.5) is 29.2 Å². The molecule has 14 heteroatoms. The van der Waals surface area contributed by atoms with Gasteiger partial charge in [-0.1, -0.05) is 38.3 Å². The van der Waals surface area contributed by atoms with Gasteiger partial charge in [0.05, 0.1) is 23.7 Å². The molecule has 35 heavy (non-hydrogen) atoms. The van der Waals surface area contributed by atoms with Crippen molar-refractivity contribution in [2.75, 3.05) is 16.9 Å². The lowest BCUT2D eigenvalue weighted by atomic mass is 10.00. The summed E-state index contributed by atoms with van der Waals surface area (Å²) in [6.45, 7) is 1.46. The number of carbonyl (C=O) groups excluding carboxylic acids is 3. The number of amides is 3. The first-order chi connectivity index (χ1) is 16.5.